The van der Waals surface area contributed by atoms with Gasteiger partial charge in [0.05, 0.1) is 19.3 Å². The molecule has 0 rings (SSSR count). The van der Waals surface area contributed by atoms with Gasteiger partial charge in [-0.1, -0.05) is 63.3 Å². The van der Waals surface area contributed by atoms with Crippen LogP contribution >= 0.6 is 0 Å². The molecular formula is C19H34O4. The Kier molecular flexibility index (Phi) is 15.0. The van der Waals surface area contributed by atoms with E-state index in [0.717, 1.165) is 57.8 Å². The third-order valence-electron chi connectivity index (χ3n) is 3.70. The fraction of sp³-hybridized carbons (Fsp3) is 0.737. The van der Waals surface area contributed by atoms with E-state index in [1.807, 2.05) is 6.08 Å². The lowest BCUT2D eigenvalue weighted by Crippen LogP contribution is -2.04. The molecule has 2 atom stereocenters. The summed E-state index contributed by atoms with van der Waals surface area (Å²) in [4.78, 5) is 10.9. The predicted molar refractivity (Wildman–Crippen MR) is 94.2 cm³/mol. The van der Waals surface area contributed by atoms with Crippen LogP contribution in [0, 0.1) is 0 Å². The third kappa shape index (κ3) is 15.5. The summed E-state index contributed by atoms with van der Waals surface area (Å²) in [6.07, 6.45) is 15.4. The number of methoxy groups -OCH3 is 1. The Morgan fingerprint density at radius 1 is 1.00 bits per heavy atom. The highest BCUT2D eigenvalue weighted by Crippen LogP contribution is 2.08. The van der Waals surface area contributed by atoms with Crippen molar-refractivity contribution in [3.8, 4) is 0 Å². The summed E-state index contributed by atoms with van der Waals surface area (Å²) >= 11 is 0. The lowest BCUT2D eigenvalue weighted by Gasteiger charge is -2.05. The van der Waals surface area contributed by atoms with E-state index in [1.165, 1.54) is 7.11 Å². The van der Waals surface area contributed by atoms with Crippen molar-refractivity contribution in [1.29, 1.82) is 0 Å². The number of allylic oxidation sites excluding steroid dienone is 1. The molecule has 0 spiro atoms. The van der Waals surface area contributed by atoms with Crippen molar-refractivity contribution in [3.63, 3.8) is 0 Å². The van der Waals surface area contributed by atoms with E-state index in [4.69, 9.17) is 0 Å². The van der Waals surface area contributed by atoms with Crippen LogP contribution in [-0.2, 0) is 9.53 Å². The molecule has 0 amide bonds. The molecule has 0 fully saturated rings. The van der Waals surface area contributed by atoms with E-state index >= 15 is 0 Å². The van der Waals surface area contributed by atoms with Crippen LogP contribution in [0.4, 0.5) is 0 Å². The molecule has 0 aromatic rings. The second kappa shape index (κ2) is 15.8. The average Bonchev–Trinajstić information content (AvgIpc) is 2.55. The van der Waals surface area contributed by atoms with Gasteiger partial charge in [0, 0.05) is 6.42 Å². The second-order valence-corrected chi connectivity index (χ2v) is 5.90. The van der Waals surface area contributed by atoms with Crippen LogP contribution in [0.25, 0.3) is 0 Å². The first-order chi connectivity index (χ1) is 11.1. The van der Waals surface area contributed by atoms with Crippen molar-refractivity contribution in [2.45, 2.75) is 83.3 Å². The average molecular weight is 326 g/mol. The summed E-state index contributed by atoms with van der Waals surface area (Å²) in [6.45, 7) is 2.13. The van der Waals surface area contributed by atoms with Crippen LogP contribution in [0.3, 0.4) is 0 Å². The molecule has 0 aliphatic heterocycles. The van der Waals surface area contributed by atoms with Gasteiger partial charge in [-0.25, -0.2) is 0 Å². The number of esters is 1. The highest BCUT2D eigenvalue weighted by molar-refractivity contribution is 5.68. The maximum atomic E-state index is 10.9. The summed E-state index contributed by atoms with van der Waals surface area (Å²) in [6, 6.07) is 0. The molecule has 4 nitrogen and oxygen atoms in total. The number of carbonyl (C=O) groups is 1. The molecule has 134 valence electrons. The summed E-state index contributed by atoms with van der Waals surface area (Å²) < 4.78 is 4.59. The fourth-order valence-corrected chi connectivity index (χ4v) is 2.23. The third-order valence-corrected chi connectivity index (χ3v) is 3.70. The zero-order chi connectivity index (χ0) is 17.3. The van der Waals surface area contributed by atoms with Gasteiger partial charge in [0.15, 0.2) is 0 Å². The van der Waals surface area contributed by atoms with Gasteiger partial charge < -0.3 is 14.9 Å². The SMILES string of the molecule is CCCCCC(O)/C=C/C(O)/C=C/CCCCCCC(=O)OC. The van der Waals surface area contributed by atoms with E-state index in [0.29, 0.717) is 6.42 Å². The lowest BCUT2D eigenvalue weighted by atomic mass is 10.1. The zero-order valence-corrected chi connectivity index (χ0v) is 14.7. The first-order valence-corrected chi connectivity index (χ1v) is 8.88. The molecule has 0 saturated carbocycles. The first-order valence-electron chi connectivity index (χ1n) is 8.88. The Labute approximate surface area is 141 Å². The van der Waals surface area contributed by atoms with Gasteiger partial charge in [0.25, 0.3) is 0 Å². The molecular weight excluding hydrogens is 292 g/mol. The largest absolute Gasteiger partial charge is 0.469 e. The van der Waals surface area contributed by atoms with E-state index in [1.54, 1.807) is 18.2 Å². The molecule has 2 unspecified atom stereocenters. The van der Waals surface area contributed by atoms with E-state index < -0.39 is 12.2 Å². The molecule has 0 bridgehead atoms. The Morgan fingerprint density at radius 3 is 2.43 bits per heavy atom. The van der Waals surface area contributed by atoms with Gasteiger partial charge in [-0.15, -0.1) is 0 Å². The molecule has 0 aliphatic rings. The number of carbonyl (C=O) groups excluding carboxylic acids is 1. The van der Waals surface area contributed by atoms with Crippen LogP contribution in [0.5, 0.6) is 0 Å². The molecule has 2 N–H and O–H groups in total. The molecule has 0 aliphatic carbocycles. The van der Waals surface area contributed by atoms with Crippen molar-refractivity contribution >= 4 is 5.97 Å². The molecule has 0 radical (unpaired) electrons. The predicted octanol–water partition coefficient (Wildman–Crippen LogP) is 3.91. The van der Waals surface area contributed by atoms with Gasteiger partial charge >= 0.3 is 5.97 Å². The number of ether oxygens (including phenoxy) is 1. The monoisotopic (exact) mass is 326 g/mol. The van der Waals surface area contributed by atoms with E-state index in [9.17, 15) is 15.0 Å². The van der Waals surface area contributed by atoms with Crippen molar-refractivity contribution < 1.29 is 19.7 Å². The summed E-state index contributed by atoms with van der Waals surface area (Å²) in [7, 11) is 1.41. The van der Waals surface area contributed by atoms with Crippen LogP contribution in [0.15, 0.2) is 24.3 Å². The van der Waals surface area contributed by atoms with Crippen LogP contribution in [-0.4, -0.2) is 35.5 Å². The number of aliphatic hydroxyl groups excluding tert-OH is 2. The van der Waals surface area contributed by atoms with Gasteiger partial charge in [-0.3, -0.25) is 4.79 Å². The zero-order valence-electron chi connectivity index (χ0n) is 14.7. The minimum atomic E-state index is -0.629. The maximum absolute atomic E-state index is 10.9. The number of unbranched alkanes of at least 4 members (excludes halogenated alkanes) is 6. The highest BCUT2D eigenvalue weighted by atomic mass is 16.5. The normalized spacial score (nSPS) is 14.4. The van der Waals surface area contributed by atoms with Crippen molar-refractivity contribution in [1.82, 2.24) is 0 Å². The summed E-state index contributed by atoms with van der Waals surface area (Å²) in [5.74, 6) is -0.142. The lowest BCUT2D eigenvalue weighted by molar-refractivity contribution is -0.140. The van der Waals surface area contributed by atoms with E-state index in [2.05, 4.69) is 11.7 Å². The maximum Gasteiger partial charge on any atom is 0.305 e. The van der Waals surface area contributed by atoms with Gasteiger partial charge in [-0.2, -0.15) is 0 Å². The Hall–Kier alpha value is -1.13. The Balaban J connectivity index is 3.60. The van der Waals surface area contributed by atoms with Crippen molar-refractivity contribution in [2.24, 2.45) is 0 Å². The highest BCUT2D eigenvalue weighted by Gasteiger charge is 2.00. The Morgan fingerprint density at radius 2 is 1.74 bits per heavy atom. The second-order valence-electron chi connectivity index (χ2n) is 5.90. The van der Waals surface area contributed by atoms with Crippen LogP contribution in [0.1, 0.15) is 71.1 Å². The smallest absolute Gasteiger partial charge is 0.305 e. The quantitative estimate of drug-likeness (QED) is 0.288. The minimum Gasteiger partial charge on any atom is -0.469 e. The number of hydrogen-bond acceptors (Lipinski definition) is 4. The first kappa shape index (κ1) is 21.9. The Bertz CT molecular complexity index is 336. The summed E-state index contributed by atoms with van der Waals surface area (Å²) in [5, 5.41) is 19.5. The number of rotatable bonds is 14. The standard InChI is InChI=1S/C19H34O4/c1-3-4-9-12-17(20)15-16-18(21)13-10-7-5-6-8-11-14-19(22)23-2/h10,13,15-18,20-21H,3-9,11-12,14H2,1-2H3/b13-10+,16-15+. The fourth-order valence-electron chi connectivity index (χ4n) is 2.23. The van der Waals surface area contributed by atoms with E-state index in [-0.39, 0.29) is 5.97 Å². The number of aliphatic hydroxyl groups is 2. The van der Waals surface area contributed by atoms with Gasteiger partial charge in [0.2, 0.25) is 0 Å². The van der Waals surface area contributed by atoms with Crippen LogP contribution < -0.4 is 0 Å². The topological polar surface area (TPSA) is 66.8 Å². The minimum absolute atomic E-state index is 0.142. The molecule has 23 heavy (non-hydrogen) atoms. The molecule has 0 aromatic heterocycles. The van der Waals surface area contributed by atoms with Crippen molar-refractivity contribution in [3.05, 3.63) is 24.3 Å². The molecule has 4 heteroatoms. The van der Waals surface area contributed by atoms with Crippen molar-refractivity contribution in [2.75, 3.05) is 7.11 Å². The molecule has 0 saturated heterocycles. The molecule has 0 heterocycles. The number of hydrogen-bond donors (Lipinski definition) is 2. The van der Waals surface area contributed by atoms with Gasteiger partial charge in [0.1, 0.15) is 0 Å². The molecule has 0 aromatic carbocycles. The van der Waals surface area contributed by atoms with Gasteiger partial charge in [-0.05, 0) is 25.7 Å². The van der Waals surface area contributed by atoms with Crippen LogP contribution in [0.2, 0.25) is 0 Å². The summed E-state index contributed by atoms with van der Waals surface area (Å²) in [5.41, 5.74) is 0.